The molecule has 58 valence electrons. The lowest BCUT2D eigenvalue weighted by Gasteiger charge is -2.11. The molecule has 1 heterocycles. The van der Waals surface area contributed by atoms with Crippen molar-refractivity contribution in [1.82, 2.24) is 0 Å². The molecule has 1 aromatic rings. The lowest BCUT2D eigenvalue weighted by molar-refractivity contribution is 1.33. The molecule has 3 nitrogen and oxygen atoms in total. The predicted octanol–water partition coefficient (Wildman–Crippen LogP) is 1.69. The predicted molar refractivity (Wildman–Crippen MR) is 47.8 cm³/mol. The van der Waals surface area contributed by atoms with Crippen LogP contribution >= 0.6 is 0 Å². The molecule has 1 N–H and O–H groups in total. The van der Waals surface area contributed by atoms with Crippen LogP contribution in [0.4, 0.5) is 11.4 Å². The van der Waals surface area contributed by atoms with E-state index in [2.05, 4.69) is 16.4 Å². The van der Waals surface area contributed by atoms with E-state index in [4.69, 9.17) is 5.26 Å². The van der Waals surface area contributed by atoms with E-state index < -0.39 is 0 Å². The number of nitriles is 1. The van der Waals surface area contributed by atoms with Crippen LogP contribution in [0.1, 0.15) is 5.56 Å². The normalized spacial score (nSPS) is 12.9. The molecule has 0 saturated heterocycles. The summed E-state index contributed by atoms with van der Waals surface area (Å²) < 4.78 is 0. The van der Waals surface area contributed by atoms with E-state index in [1.54, 1.807) is 18.3 Å². The van der Waals surface area contributed by atoms with E-state index in [9.17, 15) is 0 Å². The van der Waals surface area contributed by atoms with Crippen LogP contribution in [0.25, 0.3) is 0 Å². The van der Waals surface area contributed by atoms with Crippen LogP contribution in [-0.4, -0.2) is 12.8 Å². The molecule has 0 atom stereocenters. The number of hydrogen-bond acceptors (Lipinski definition) is 3. The molecule has 1 aromatic carbocycles. The molecule has 0 saturated carbocycles. The van der Waals surface area contributed by atoms with E-state index in [0.29, 0.717) is 5.56 Å². The van der Waals surface area contributed by atoms with Crippen molar-refractivity contribution in [2.45, 2.75) is 0 Å². The fourth-order valence-electron chi connectivity index (χ4n) is 1.16. The standard InChI is InChI=1S/C9H7N3/c10-6-7-1-2-8-9(5-7)12-4-3-11-8/h1-2,4-5,11H,3H2. The van der Waals surface area contributed by atoms with Gasteiger partial charge in [-0.25, -0.2) is 0 Å². The van der Waals surface area contributed by atoms with Gasteiger partial charge in [-0.05, 0) is 18.2 Å². The Morgan fingerprint density at radius 3 is 3.25 bits per heavy atom. The van der Waals surface area contributed by atoms with E-state index in [1.165, 1.54) is 0 Å². The second-order valence-corrected chi connectivity index (χ2v) is 2.54. The molecular formula is C9H7N3. The summed E-state index contributed by atoms with van der Waals surface area (Å²) in [6, 6.07) is 7.51. The Morgan fingerprint density at radius 2 is 2.42 bits per heavy atom. The average Bonchev–Trinajstić information content (AvgIpc) is 2.17. The number of fused-ring (bicyclic) bond motifs is 1. The minimum atomic E-state index is 0.648. The summed E-state index contributed by atoms with van der Waals surface area (Å²) in [4.78, 5) is 4.16. The number of nitrogens with zero attached hydrogens (tertiary/aromatic N) is 2. The van der Waals surface area contributed by atoms with E-state index in [1.807, 2.05) is 6.07 Å². The van der Waals surface area contributed by atoms with Gasteiger partial charge in [-0.3, -0.25) is 4.99 Å². The molecule has 0 spiro atoms. The molecule has 1 aliphatic heterocycles. The number of nitrogens with one attached hydrogen (secondary N) is 1. The van der Waals surface area contributed by atoms with Gasteiger partial charge in [0.25, 0.3) is 0 Å². The Hall–Kier alpha value is -1.82. The second-order valence-electron chi connectivity index (χ2n) is 2.54. The van der Waals surface area contributed by atoms with Crippen molar-refractivity contribution in [2.24, 2.45) is 4.99 Å². The smallest absolute Gasteiger partial charge is 0.0992 e. The number of aliphatic imine (C=N–C) groups is 1. The van der Waals surface area contributed by atoms with Gasteiger partial charge < -0.3 is 5.32 Å². The van der Waals surface area contributed by atoms with E-state index >= 15 is 0 Å². The van der Waals surface area contributed by atoms with Crippen LogP contribution in [0.2, 0.25) is 0 Å². The fraction of sp³-hybridized carbons (Fsp3) is 0.111. The largest absolute Gasteiger partial charge is 0.378 e. The van der Waals surface area contributed by atoms with Crippen molar-refractivity contribution < 1.29 is 0 Å². The molecule has 12 heavy (non-hydrogen) atoms. The fourth-order valence-corrected chi connectivity index (χ4v) is 1.16. The van der Waals surface area contributed by atoms with Crippen molar-refractivity contribution in [3.8, 4) is 6.07 Å². The Balaban J connectivity index is 2.53. The summed E-state index contributed by atoms with van der Waals surface area (Å²) in [5.74, 6) is 0. The van der Waals surface area contributed by atoms with Crippen LogP contribution in [0.5, 0.6) is 0 Å². The lowest BCUT2D eigenvalue weighted by atomic mass is 10.2. The Kier molecular flexibility index (Phi) is 1.52. The molecule has 0 aromatic heterocycles. The average molecular weight is 157 g/mol. The first-order chi connectivity index (χ1) is 5.90. The molecule has 0 radical (unpaired) electrons. The van der Waals surface area contributed by atoms with Crippen molar-refractivity contribution in [3.63, 3.8) is 0 Å². The van der Waals surface area contributed by atoms with Gasteiger partial charge in [0.2, 0.25) is 0 Å². The first-order valence-corrected chi connectivity index (χ1v) is 3.71. The zero-order valence-corrected chi connectivity index (χ0v) is 6.41. The third-order valence-corrected chi connectivity index (χ3v) is 1.74. The molecular weight excluding hydrogens is 150 g/mol. The van der Waals surface area contributed by atoms with Gasteiger partial charge in [-0.1, -0.05) is 0 Å². The monoisotopic (exact) mass is 157 g/mol. The number of benzene rings is 1. The summed E-state index contributed by atoms with van der Waals surface area (Å²) in [5.41, 5.74) is 2.49. The summed E-state index contributed by atoms with van der Waals surface area (Å²) in [5, 5.41) is 11.8. The first kappa shape index (κ1) is 6.86. The van der Waals surface area contributed by atoms with Crippen molar-refractivity contribution in [2.75, 3.05) is 11.9 Å². The Morgan fingerprint density at radius 1 is 1.50 bits per heavy atom. The van der Waals surface area contributed by atoms with Crippen LogP contribution in [0, 0.1) is 11.3 Å². The van der Waals surface area contributed by atoms with Gasteiger partial charge in [0.1, 0.15) is 0 Å². The molecule has 2 rings (SSSR count). The van der Waals surface area contributed by atoms with E-state index in [-0.39, 0.29) is 0 Å². The van der Waals surface area contributed by atoms with Crippen LogP contribution in [-0.2, 0) is 0 Å². The summed E-state index contributed by atoms with van der Waals surface area (Å²) in [6.45, 7) is 0.763. The third kappa shape index (κ3) is 1.04. The van der Waals surface area contributed by atoms with E-state index in [0.717, 1.165) is 17.9 Å². The SMILES string of the molecule is N#Cc1ccc2c(c1)N=CCN2. The van der Waals surface area contributed by atoms with Crippen LogP contribution < -0.4 is 5.32 Å². The quantitative estimate of drug-likeness (QED) is 0.622. The lowest BCUT2D eigenvalue weighted by Crippen LogP contribution is -2.06. The highest BCUT2D eigenvalue weighted by atomic mass is 15.0. The zero-order chi connectivity index (χ0) is 8.39. The van der Waals surface area contributed by atoms with Crippen molar-refractivity contribution in [1.29, 1.82) is 5.26 Å². The highest BCUT2D eigenvalue weighted by Crippen LogP contribution is 2.27. The second kappa shape index (κ2) is 2.67. The van der Waals surface area contributed by atoms with Gasteiger partial charge >= 0.3 is 0 Å². The number of anilines is 1. The molecule has 0 aliphatic carbocycles. The highest BCUT2D eigenvalue weighted by Gasteiger charge is 2.04. The van der Waals surface area contributed by atoms with Crippen molar-refractivity contribution >= 4 is 17.6 Å². The van der Waals surface area contributed by atoms with Gasteiger partial charge in [-0.15, -0.1) is 0 Å². The van der Waals surface area contributed by atoms with Gasteiger partial charge in [0, 0.05) is 6.21 Å². The zero-order valence-electron chi connectivity index (χ0n) is 6.41. The molecule has 0 bridgehead atoms. The Bertz CT molecular complexity index is 374. The molecule has 0 fully saturated rings. The van der Waals surface area contributed by atoms with Gasteiger partial charge in [0.15, 0.2) is 0 Å². The van der Waals surface area contributed by atoms with Crippen LogP contribution in [0.3, 0.4) is 0 Å². The molecule has 3 heteroatoms. The van der Waals surface area contributed by atoms with Gasteiger partial charge in [-0.2, -0.15) is 5.26 Å². The van der Waals surface area contributed by atoms with Gasteiger partial charge in [0.05, 0.1) is 29.6 Å². The molecule has 0 amide bonds. The third-order valence-electron chi connectivity index (χ3n) is 1.74. The Labute approximate surface area is 70.4 Å². The summed E-state index contributed by atoms with van der Waals surface area (Å²) in [6.07, 6.45) is 1.80. The van der Waals surface area contributed by atoms with Crippen molar-refractivity contribution in [3.05, 3.63) is 23.8 Å². The highest BCUT2D eigenvalue weighted by molar-refractivity contribution is 5.80. The summed E-state index contributed by atoms with van der Waals surface area (Å²) in [7, 11) is 0. The molecule has 0 unspecified atom stereocenters. The molecule has 1 aliphatic rings. The number of rotatable bonds is 0. The topological polar surface area (TPSA) is 48.2 Å². The maximum atomic E-state index is 8.62. The summed E-state index contributed by atoms with van der Waals surface area (Å²) >= 11 is 0. The maximum Gasteiger partial charge on any atom is 0.0992 e. The minimum absolute atomic E-state index is 0.648. The first-order valence-electron chi connectivity index (χ1n) is 3.71. The van der Waals surface area contributed by atoms with Crippen LogP contribution in [0.15, 0.2) is 23.2 Å². The number of hydrogen-bond donors (Lipinski definition) is 1. The maximum absolute atomic E-state index is 8.62. The minimum Gasteiger partial charge on any atom is -0.378 e.